The van der Waals surface area contributed by atoms with Crippen LogP contribution in [-0.4, -0.2) is 32.1 Å². The fraction of sp³-hybridized carbons (Fsp3) is 0.176. The Kier molecular flexibility index (Phi) is 9.28. The fourth-order valence-corrected chi connectivity index (χ4v) is 2.24. The molecule has 0 fully saturated rings. The van der Waals surface area contributed by atoms with E-state index in [-0.39, 0.29) is 35.8 Å². The van der Waals surface area contributed by atoms with Gasteiger partial charge in [0.05, 0.1) is 19.3 Å². The van der Waals surface area contributed by atoms with Gasteiger partial charge in [0, 0.05) is 16.6 Å². The Morgan fingerprint density at radius 2 is 1.88 bits per heavy atom. The van der Waals surface area contributed by atoms with Crippen LogP contribution in [0.5, 0.6) is 5.75 Å². The molecule has 0 aliphatic rings. The van der Waals surface area contributed by atoms with E-state index in [9.17, 15) is 4.79 Å². The van der Waals surface area contributed by atoms with Gasteiger partial charge in [-0.05, 0) is 36.4 Å². The summed E-state index contributed by atoms with van der Waals surface area (Å²) in [5, 5.41) is 5.76. The van der Waals surface area contributed by atoms with E-state index in [1.807, 2.05) is 36.4 Å². The molecule has 0 saturated heterocycles. The van der Waals surface area contributed by atoms with Gasteiger partial charge in [0.15, 0.2) is 5.96 Å². The lowest BCUT2D eigenvalue weighted by Crippen LogP contribution is -2.28. The lowest BCUT2D eigenvalue weighted by atomic mass is 10.2. The largest absolute Gasteiger partial charge is 0.495 e. The molecular weight excluding hydrogens is 499 g/mol. The van der Waals surface area contributed by atoms with Crippen LogP contribution in [0.4, 0.5) is 5.69 Å². The number of hydrogen-bond acceptors (Lipinski definition) is 3. The summed E-state index contributed by atoms with van der Waals surface area (Å²) in [5.74, 6) is 0.797. The highest BCUT2D eigenvalue weighted by molar-refractivity contribution is 14.0. The second-order valence-corrected chi connectivity index (χ2v) is 5.77. The van der Waals surface area contributed by atoms with Crippen molar-refractivity contribution in [2.75, 3.05) is 25.5 Å². The van der Waals surface area contributed by atoms with Crippen molar-refractivity contribution in [1.29, 1.82) is 0 Å². The molecule has 6 nitrogen and oxygen atoms in total. The number of ether oxygens (including phenoxy) is 1. The van der Waals surface area contributed by atoms with Gasteiger partial charge in [-0.1, -0.05) is 28.1 Å². The Hall–Kier alpha value is -1.81. The van der Waals surface area contributed by atoms with Crippen LogP contribution in [0.2, 0.25) is 0 Å². The van der Waals surface area contributed by atoms with Crippen molar-refractivity contribution in [1.82, 2.24) is 5.32 Å². The number of nitrogens with two attached hydrogens (primary N) is 1. The van der Waals surface area contributed by atoms with E-state index in [1.165, 1.54) is 0 Å². The normalized spacial score (nSPS) is 10.6. The van der Waals surface area contributed by atoms with Crippen LogP contribution < -0.4 is 21.1 Å². The predicted octanol–water partition coefficient (Wildman–Crippen LogP) is 3.23. The molecule has 0 heterocycles. The first kappa shape index (κ1) is 21.2. The summed E-state index contributed by atoms with van der Waals surface area (Å²) >= 11 is 3.33. The Morgan fingerprint density at radius 1 is 1.20 bits per heavy atom. The van der Waals surface area contributed by atoms with Crippen molar-refractivity contribution in [3.05, 3.63) is 58.6 Å². The summed E-state index contributed by atoms with van der Waals surface area (Å²) in [7, 11) is 1.59. The molecule has 0 spiro atoms. The number of carbonyl (C=O) groups excluding carboxylic acids is 1. The molecular formula is C17H20BrIN4O2. The number of halogens is 2. The van der Waals surface area contributed by atoms with Crippen molar-refractivity contribution in [2.24, 2.45) is 10.7 Å². The Balaban J connectivity index is 0.00000312. The van der Waals surface area contributed by atoms with Gasteiger partial charge in [-0.25, -0.2) is 0 Å². The van der Waals surface area contributed by atoms with Gasteiger partial charge in [0.25, 0.3) is 5.91 Å². The third kappa shape index (κ3) is 6.91. The maximum Gasteiger partial charge on any atom is 0.251 e. The molecule has 1 amide bonds. The Morgan fingerprint density at radius 3 is 2.56 bits per heavy atom. The highest BCUT2D eigenvalue weighted by Crippen LogP contribution is 2.22. The number of amides is 1. The van der Waals surface area contributed by atoms with Crippen LogP contribution in [0.25, 0.3) is 0 Å². The Labute approximate surface area is 172 Å². The van der Waals surface area contributed by atoms with Crippen LogP contribution in [0.15, 0.2) is 58.0 Å². The molecule has 0 aliphatic heterocycles. The summed E-state index contributed by atoms with van der Waals surface area (Å²) in [4.78, 5) is 16.1. The number of benzene rings is 2. The maximum atomic E-state index is 11.9. The van der Waals surface area contributed by atoms with Crippen LogP contribution in [0.3, 0.4) is 0 Å². The van der Waals surface area contributed by atoms with E-state index in [4.69, 9.17) is 10.5 Å². The number of guanidine groups is 1. The van der Waals surface area contributed by atoms with E-state index < -0.39 is 0 Å². The molecule has 134 valence electrons. The van der Waals surface area contributed by atoms with Gasteiger partial charge in [0.2, 0.25) is 0 Å². The van der Waals surface area contributed by atoms with Crippen LogP contribution >= 0.6 is 39.9 Å². The molecule has 0 unspecified atom stereocenters. The molecule has 0 bridgehead atoms. The standard InChI is InChI=1S/C17H19BrN4O2.HI/c1-24-15-5-3-2-4-14(15)22-17(19)21-11-10-20-16(23)12-6-8-13(18)9-7-12;/h2-9H,10-11H2,1H3,(H,20,23)(H3,19,21,22);1H. The minimum Gasteiger partial charge on any atom is -0.495 e. The van der Waals surface area contributed by atoms with Gasteiger partial charge in [-0.15, -0.1) is 24.0 Å². The number of rotatable bonds is 6. The topological polar surface area (TPSA) is 88.7 Å². The molecule has 0 saturated carbocycles. The summed E-state index contributed by atoms with van der Waals surface area (Å²) in [6.07, 6.45) is 0. The molecule has 0 aromatic heterocycles. The zero-order valence-corrected chi connectivity index (χ0v) is 17.6. The molecule has 0 radical (unpaired) electrons. The molecule has 2 aromatic carbocycles. The summed E-state index contributed by atoms with van der Waals surface area (Å²) in [5.41, 5.74) is 7.17. The van der Waals surface area contributed by atoms with Crippen LogP contribution in [0, 0.1) is 0 Å². The third-order valence-electron chi connectivity index (χ3n) is 3.16. The number of nitrogens with one attached hydrogen (secondary N) is 2. The highest BCUT2D eigenvalue weighted by atomic mass is 127. The summed E-state index contributed by atoms with van der Waals surface area (Å²) in [6.45, 7) is 0.763. The van der Waals surface area contributed by atoms with Crippen molar-refractivity contribution in [2.45, 2.75) is 0 Å². The van der Waals surface area contributed by atoms with Gasteiger partial charge in [0.1, 0.15) is 5.75 Å². The molecule has 4 N–H and O–H groups in total. The van der Waals surface area contributed by atoms with Crippen molar-refractivity contribution >= 4 is 57.5 Å². The van der Waals surface area contributed by atoms with Crippen LogP contribution in [0.1, 0.15) is 10.4 Å². The van der Waals surface area contributed by atoms with Crippen molar-refractivity contribution in [3.8, 4) is 5.75 Å². The zero-order chi connectivity index (χ0) is 17.4. The molecule has 2 rings (SSSR count). The molecule has 2 aromatic rings. The quantitative estimate of drug-likeness (QED) is 0.237. The summed E-state index contributed by atoms with van der Waals surface area (Å²) < 4.78 is 6.16. The predicted molar refractivity (Wildman–Crippen MR) is 115 cm³/mol. The first-order valence-corrected chi connectivity index (χ1v) is 8.13. The second kappa shape index (κ2) is 10.9. The minimum atomic E-state index is -0.144. The number of aliphatic imine (C=N–C) groups is 1. The second-order valence-electron chi connectivity index (χ2n) is 4.86. The number of carbonyl (C=O) groups is 1. The van der Waals surface area contributed by atoms with Gasteiger partial charge < -0.3 is 21.1 Å². The maximum absolute atomic E-state index is 11.9. The number of methoxy groups -OCH3 is 1. The molecule has 0 aliphatic carbocycles. The monoisotopic (exact) mass is 518 g/mol. The zero-order valence-electron chi connectivity index (χ0n) is 13.7. The van der Waals surface area contributed by atoms with Gasteiger partial charge in [-0.3, -0.25) is 9.79 Å². The van der Waals surface area contributed by atoms with E-state index in [0.29, 0.717) is 24.4 Å². The SMILES string of the molecule is COc1ccccc1NC(N)=NCCNC(=O)c1ccc(Br)cc1.I. The third-order valence-corrected chi connectivity index (χ3v) is 3.68. The number of nitrogens with zero attached hydrogens (tertiary/aromatic N) is 1. The smallest absolute Gasteiger partial charge is 0.251 e. The minimum absolute atomic E-state index is 0. The lowest BCUT2D eigenvalue weighted by molar-refractivity contribution is 0.0955. The van der Waals surface area contributed by atoms with E-state index in [1.54, 1.807) is 19.2 Å². The number of anilines is 1. The number of para-hydroxylation sites is 2. The van der Waals surface area contributed by atoms with E-state index in [2.05, 4.69) is 31.6 Å². The highest BCUT2D eigenvalue weighted by Gasteiger charge is 2.04. The van der Waals surface area contributed by atoms with Crippen molar-refractivity contribution < 1.29 is 9.53 Å². The molecule has 0 atom stereocenters. The average molecular weight is 519 g/mol. The van der Waals surface area contributed by atoms with E-state index >= 15 is 0 Å². The number of hydrogen-bond donors (Lipinski definition) is 3. The van der Waals surface area contributed by atoms with Gasteiger partial charge in [-0.2, -0.15) is 0 Å². The lowest BCUT2D eigenvalue weighted by Gasteiger charge is -2.10. The average Bonchev–Trinajstić information content (AvgIpc) is 2.59. The van der Waals surface area contributed by atoms with Gasteiger partial charge >= 0.3 is 0 Å². The molecule has 25 heavy (non-hydrogen) atoms. The first-order valence-electron chi connectivity index (χ1n) is 7.34. The molecule has 8 heteroatoms. The van der Waals surface area contributed by atoms with Crippen molar-refractivity contribution in [3.63, 3.8) is 0 Å². The van der Waals surface area contributed by atoms with E-state index in [0.717, 1.165) is 10.2 Å². The van der Waals surface area contributed by atoms with Crippen LogP contribution in [-0.2, 0) is 0 Å². The summed E-state index contributed by atoms with van der Waals surface area (Å²) in [6, 6.07) is 14.6. The fourth-order valence-electron chi connectivity index (χ4n) is 1.97. The first-order chi connectivity index (χ1) is 11.6. The Bertz CT molecular complexity index is 723.